The summed E-state index contributed by atoms with van der Waals surface area (Å²) in [4.78, 5) is 16.8. The van der Waals surface area contributed by atoms with Gasteiger partial charge in [-0.25, -0.2) is 4.98 Å². The van der Waals surface area contributed by atoms with Crippen molar-refractivity contribution in [1.29, 1.82) is 0 Å². The number of anilines is 1. The predicted octanol–water partition coefficient (Wildman–Crippen LogP) is 4.78. The molecule has 4 rings (SSSR count). The summed E-state index contributed by atoms with van der Waals surface area (Å²) in [6.07, 6.45) is 5.35. The number of nitrogens with one attached hydrogen (secondary N) is 1. The summed E-state index contributed by atoms with van der Waals surface area (Å²) in [5.41, 5.74) is 2.74. The van der Waals surface area contributed by atoms with Crippen molar-refractivity contribution in [1.82, 2.24) is 9.55 Å². The lowest BCUT2D eigenvalue weighted by molar-refractivity contribution is -0.117. The van der Waals surface area contributed by atoms with Gasteiger partial charge in [-0.2, -0.15) is 0 Å². The van der Waals surface area contributed by atoms with Crippen molar-refractivity contribution < 1.29 is 9.53 Å². The molecule has 3 aromatic carbocycles. The minimum absolute atomic E-state index is 0.0387. The van der Waals surface area contributed by atoms with Gasteiger partial charge in [0.2, 0.25) is 5.91 Å². The highest BCUT2D eigenvalue weighted by atomic mass is 16.5. The van der Waals surface area contributed by atoms with E-state index in [1.165, 1.54) is 0 Å². The van der Waals surface area contributed by atoms with E-state index >= 15 is 0 Å². The molecule has 0 unspecified atom stereocenters. The number of methoxy groups -OCH3 is 1. The van der Waals surface area contributed by atoms with Crippen LogP contribution in [0.3, 0.4) is 0 Å². The van der Waals surface area contributed by atoms with E-state index in [1.54, 1.807) is 19.6 Å². The number of imidazole rings is 1. The van der Waals surface area contributed by atoms with Crippen LogP contribution in [-0.2, 0) is 4.79 Å². The molecule has 0 aliphatic rings. The van der Waals surface area contributed by atoms with Crippen LogP contribution in [-0.4, -0.2) is 22.6 Å². The molecule has 28 heavy (non-hydrogen) atoms. The zero-order valence-electron chi connectivity index (χ0n) is 15.8. The van der Waals surface area contributed by atoms with Gasteiger partial charge in [0.1, 0.15) is 5.75 Å². The topological polar surface area (TPSA) is 56.1 Å². The monoisotopic (exact) mass is 371 g/mol. The van der Waals surface area contributed by atoms with Gasteiger partial charge in [-0.1, -0.05) is 24.3 Å². The highest BCUT2D eigenvalue weighted by molar-refractivity contribution is 5.96. The van der Waals surface area contributed by atoms with E-state index in [0.29, 0.717) is 0 Å². The normalized spacial score (nSPS) is 11.9. The molecule has 1 aromatic heterocycles. The summed E-state index contributed by atoms with van der Waals surface area (Å²) >= 11 is 0. The smallest absolute Gasteiger partial charge is 0.231 e. The summed E-state index contributed by atoms with van der Waals surface area (Å²) in [6, 6.07) is 19.7. The van der Waals surface area contributed by atoms with E-state index < -0.39 is 0 Å². The third kappa shape index (κ3) is 3.60. The number of ether oxygens (including phenoxy) is 1. The molecule has 0 aliphatic heterocycles. The number of hydrogen-bond donors (Lipinski definition) is 1. The maximum atomic E-state index is 12.7. The van der Waals surface area contributed by atoms with E-state index in [9.17, 15) is 4.79 Å². The van der Waals surface area contributed by atoms with Crippen molar-refractivity contribution in [3.05, 3.63) is 84.9 Å². The first-order valence-corrected chi connectivity index (χ1v) is 9.11. The zero-order valence-corrected chi connectivity index (χ0v) is 15.8. The number of nitrogens with zero attached hydrogens (tertiary/aromatic N) is 2. The van der Waals surface area contributed by atoms with Crippen LogP contribution in [0.25, 0.3) is 16.5 Å². The standard InChI is InChI=1S/C23H21N3O2/c1-16(17-3-4-19-14-22(28-2)10-5-18(19)13-17)23(27)25-20-6-8-21(9-7-20)26-12-11-24-15-26/h3-16H,1-2H3,(H,25,27)/t16-/m0/s1. The second kappa shape index (κ2) is 7.56. The number of hydrogen-bond acceptors (Lipinski definition) is 3. The molecule has 0 radical (unpaired) electrons. The fourth-order valence-electron chi connectivity index (χ4n) is 3.17. The third-order valence-corrected chi connectivity index (χ3v) is 4.90. The molecule has 0 spiro atoms. The lowest BCUT2D eigenvalue weighted by Gasteiger charge is -2.14. The Balaban J connectivity index is 1.49. The van der Waals surface area contributed by atoms with Gasteiger partial charge in [-0.3, -0.25) is 4.79 Å². The van der Waals surface area contributed by atoms with Crippen LogP contribution >= 0.6 is 0 Å². The molecule has 0 saturated carbocycles. The molecular formula is C23H21N3O2. The van der Waals surface area contributed by atoms with Crippen molar-refractivity contribution in [3.8, 4) is 11.4 Å². The fraction of sp³-hybridized carbons (Fsp3) is 0.130. The molecule has 0 bridgehead atoms. The van der Waals surface area contributed by atoms with Crippen LogP contribution in [0.4, 0.5) is 5.69 Å². The highest BCUT2D eigenvalue weighted by Crippen LogP contribution is 2.26. The summed E-state index contributed by atoms with van der Waals surface area (Å²) in [7, 11) is 1.66. The summed E-state index contributed by atoms with van der Waals surface area (Å²) < 4.78 is 7.18. The first-order valence-electron chi connectivity index (χ1n) is 9.11. The van der Waals surface area contributed by atoms with E-state index in [4.69, 9.17) is 4.74 Å². The van der Waals surface area contributed by atoms with Gasteiger partial charge in [0.25, 0.3) is 0 Å². The number of benzene rings is 3. The first kappa shape index (κ1) is 17.8. The SMILES string of the molecule is COc1ccc2cc([C@H](C)C(=O)Nc3ccc(-n4ccnc4)cc3)ccc2c1. The molecule has 5 nitrogen and oxygen atoms in total. The first-order chi connectivity index (χ1) is 13.6. The lowest BCUT2D eigenvalue weighted by Crippen LogP contribution is -2.18. The van der Waals surface area contributed by atoms with Crippen molar-refractivity contribution in [2.24, 2.45) is 0 Å². The average Bonchev–Trinajstić information content (AvgIpc) is 3.28. The second-order valence-corrected chi connectivity index (χ2v) is 6.70. The Morgan fingerprint density at radius 2 is 1.79 bits per heavy atom. The number of aromatic nitrogens is 2. The quantitative estimate of drug-likeness (QED) is 0.549. The molecule has 0 aliphatic carbocycles. The molecule has 4 aromatic rings. The average molecular weight is 371 g/mol. The molecule has 140 valence electrons. The Morgan fingerprint density at radius 1 is 1.04 bits per heavy atom. The molecular weight excluding hydrogens is 350 g/mol. The number of carbonyl (C=O) groups is 1. The van der Waals surface area contributed by atoms with Gasteiger partial charge in [0.05, 0.1) is 19.4 Å². The minimum atomic E-state index is -0.264. The van der Waals surface area contributed by atoms with Gasteiger partial charge in [0, 0.05) is 23.8 Å². The molecule has 1 heterocycles. The molecule has 5 heteroatoms. The number of rotatable bonds is 5. The summed E-state index contributed by atoms with van der Waals surface area (Å²) in [5.74, 6) is 0.522. The molecule has 0 fully saturated rings. The maximum absolute atomic E-state index is 12.7. The third-order valence-electron chi connectivity index (χ3n) is 4.90. The van der Waals surface area contributed by atoms with Crippen LogP contribution in [0.1, 0.15) is 18.4 Å². The van der Waals surface area contributed by atoms with Gasteiger partial charge < -0.3 is 14.6 Å². The Morgan fingerprint density at radius 3 is 2.50 bits per heavy atom. The van der Waals surface area contributed by atoms with Crippen LogP contribution in [0, 0.1) is 0 Å². The lowest BCUT2D eigenvalue weighted by atomic mass is 9.97. The maximum Gasteiger partial charge on any atom is 0.231 e. The Kier molecular flexibility index (Phi) is 4.81. The van der Waals surface area contributed by atoms with Crippen molar-refractivity contribution in [3.63, 3.8) is 0 Å². The second-order valence-electron chi connectivity index (χ2n) is 6.70. The van der Waals surface area contributed by atoms with Gasteiger partial charge in [0.15, 0.2) is 0 Å². The Bertz CT molecular complexity index is 1100. The fourth-order valence-corrected chi connectivity index (χ4v) is 3.17. The molecule has 1 atom stereocenters. The van der Waals surface area contributed by atoms with Crippen LogP contribution < -0.4 is 10.1 Å². The van der Waals surface area contributed by atoms with Crippen molar-refractivity contribution in [2.45, 2.75) is 12.8 Å². The number of amides is 1. The molecule has 1 amide bonds. The van der Waals surface area contributed by atoms with Crippen LogP contribution in [0.15, 0.2) is 79.4 Å². The number of carbonyl (C=O) groups excluding carboxylic acids is 1. The van der Waals surface area contributed by atoms with Crippen LogP contribution in [0.5, 0.6) is 5.75 Å². The van der Waals surface area contributed by atoms with E-state index in [1.807, 2.05) is 72.3 Å². The van der Waals surface area contributed by atoms with E-state index in [-0.39, 0.29) is 11.8 Å². The van der Waals surface area contributed by atoms with Crippen LogP contribution in [0.2, 0.25) is 0 Å². The molecule has 0 saturated heterocycles. The zero-order chi connectivity index (χ0) is 19.5. The Hall–Kier alpha value is -3.60. The minimum Gasteiger partial charge on any atom is -0.497 e. The largest absolute Gasteiger partial charge is 0.497 e. The summed E-state index contributed by atoms with van der Waals surface area (Å²) in [6.45, 7) is 1.92. The van der Waals surface area contributed by atoms with Crippen molar-refractivity contribution in [2.75, 3.05) is 12.4 Å². The highest BCUT2D eigenvalue weighted by Gasteiger charge is 2.16. The Labute approximate surface area is 163 Å². The summed E-state index contributed by atoms with van der Waals surface area (Å²) in [5, 5.41) is 5.17. The van der Waals surface area contributed by atoms with Gasteiger partial charge >= 0.3 is 0 Å². The van der Waals surface area contributed by atoms with Gasteiger partial charge in [-0.05, 0) is 59.7 Å². The van der Waals surface area contributed by atoms with E-state index in [2.05, 4.69) is 16.4 Å². The van der Waals surface area contributed by atoms with Gasteiger partial charge in [-0.15, -0.1) is 0 Å². The molecule has 1 N–H and O–H groups in total. The number of fused-ring (bicyclic) bond motifs is 1. The van der Waals surface area contributed by atoms with E-state index in [0.717, 1.165) is 33.5 Å². The predicted molar refractivity (Wildman–Crippen MR) is 111 cm³/mol. The van der Waals surface area contributed by atoms with Crippen molar-refractivity contribution >= 4 is 22.4 Å².